The number of carbonyl (C=O) groups is 1. The highest BCUT2D eigenvalue weighted by molar-refractivity contribution is 9.10. The van der Waals surface area contributed by atoms with Gasteiger partial charge in [-0.3, -0.25) is 0 Å². The first-order valence-electron chi connectivity index (χ1n) is 6.64. The van der Waals surface area contributed by atoms with E-state index in [0.717, 1.165) is 15.4 Å². The molecule has 112 valence electrons. The van der Waals surface area contributed by atoms with E-state index in [9.17, 15) is 4.79 Å². The first-order valence-corrected chi connectivity index (χ1v) is 7.81. The molecule has 0 bridgehead atoms. The summed E-state index contributed by atoms with van der Waals surface area (Å²) < 4.78 is 6.32. The molecule has 0 aliphatic carbocycles. The Morgan fingerprint density at radius 2 is 2.18 bits per heavy atom. The molecule has 3 rings (SSSR count). The van der Waals surface area contributed by atoms with Crippen molar-refractivity contribution in [3.8, 4) is 0 Å². The zero-order chi connectivity index (χ0) is 15.7. The topological polar surface area (TPSA) is 55.0 Å². The summed E-state index contributed by atoms with van der Waals surface area (Å²) in [6.45, 7) is 1.82. The first-order chi connectivity index (χ1) is 10.6. The molecule has 0 saturated carbocycles. The van der Waals surface area contributed by atoms with Gasteiger partial charge in [-0.1, -0.05) is 17.7 Å². The van der Waals surface area contributed by atoms with Crippen LogP contribution in [-0.2, 0) is 4.74 Å². The molecular formula is C16H12BrClN2O2. The second-order valence-corrected chi connectivity index (χ2v) is 6.08. The van der Waals surface area contributed by atoms with Gasteiger partial charge in [-0.05, 0) is 52.7 Å². The average molecular weight is 380 g/mol. The van der Waals surface area contributed by atoms with E-state index in [1.165, 1.54) is 0 Å². The minimum atomic E-state index is -0.386. The lowest BCUT2D eigenvalue weighted by molar-refractivity contribution is 0.0340. The summed E-state index contributed by atoms with van der Waals surface area (Å²) in [7, 11) is 0. The van der Waals surface area contributed by atoms with Crippen LogP contribution in [0.3, 0.4) is 0 Å². The van der Waals surface area contributed by atoms with Gasteiger partial charge < -0.3 is 9.72 Å². The van der Waals surface area contributed by atoms with Crippen LogP contribution in [0.25, 0.3) is 11.0 Å². The molecular weight excluding hydrogens is 368 g/mol. The van der Waals surface area contributed by atoms with Crippen molar-refractivity contribution >= 4 is 44.5 Å². The van der Waals surface area contributed by atoms with Crippen LogP contribution in [0.1, 0.15) is 28.9 Å². The van der Waals surface area contributed by atoms with Crippen LogP contribution in [0.4, 0.5) is 0 Å². The number of benzene rings is 1. The largest absolute Gasteiger partial charge is 0.454 e. The number of carbonyl (C=O) groups excluding carboxylic acids is 1. The van der Waals surface area contributed by atoms with Gasteiger partial charge in [-0.15, -0.1) is 0 Å². The van der Waals surface area contributed by atoms with Gasteiger partial charge in [-0.25, -0.2) is 9.78 Å². The summed E-state index contributed by atoms with van der Waals surface area (Å²) in [4.78, 5) is 19.5. The number of nitrogens with one attached hydrogen (secondary N) is 1. The summed E-state index contributed by atoms with van der Waals surface area (Å²) in [5.74, 6) is -0.384. The highest BCUT2D eigenvalue weighted by atomic mass is 79.9. The molecule has 1 aromatic carbocycles. The Kier molecular flexibility index (Phi) is 4.18. The van der Waals surface area contributed by atoms with Crippen LogP contribution < -0.4 is 0 Å². The summed E-state index contributed by atoms with van der Waals surface area (Å²) >= 11 is 9.34. The highest BCUT2D eigenvalue weighted by Gasteiger charge is 2.17. The van der Waals surface area contributed by atoms with Gasteiger partial charge in [0.25, 0.3) is 0 Å². The molecule has 0 unspecified atom stereocenters. The molecule has 22 heavy (non-hydrogen) atoms. The molecule has 0 saturated heterocycles. The second-order valence-electron chi connectivity index (χ2n) is 4.82. The van der Waals surface area contributed by atoms with E-state index in [1.54, 1.807) is 24.5 Å². The summed E-state index contributed by atoms with van der Waals surface area (Å²) in [5.41, 5.74) is 2.02. The van der Waals surface area contributed by atoms with Crippen molar-refractivity contribution in [2.45, 2.75) is 13.0 Å². The lowest BCUT2D eigenvalue weighted by atomic mass is 10.1. The van der Waals surface area contributed by atoms with Crippen LogP contribution in [0.5, 0.6) is 0 Å². The number of H-pyrrole nitrogens is 1. The molecule has 0 radical (unpaired) electrons. The number of fused-ring (bicyclic) bond motifs is 1. The Balaban J connectivity index is 1.84. The Morgan fingerprint density at radius 1 is 1.36 bits per heavy atom. The normalized spacial score (nSPS) is 12.3. The van der Waals surface area contributed by atoms with Crippen LogP contribution in [0.15, 0.2) is 47.2 Å². The fraction of sp³-hybridized carbons (Fsp3) is 0.125. The predicted molar refractivity (Wildman–Crippen MR) is 89.1 cm³/mol. The molecule has 2 aromatic heterocycles. The van der Waals surface area contributed by atoms with Gasteiger partial charge in [0.05, 0.1) is 10.6 Å². The number of ether oxygens (including phenoxy) is 1. The van der Waals surface area contributed by atoms with E-state index in [4.69, 9.17) is 16.3 Å². The van der Waals surface area contributed by atoms with Gasteiger partial charge in [0.2, 0.25) is 0 Å². The predicted octanol–water partition coefficient (Wildman–Crippen LogP) is 4.90. The minimum absolute atomic E-state index is 0.384. The van der Waals surface area contributed by atoms with Crippen molar-refractivity contribution in [1.82, 2.24) is 9.97 Å². The van der Waals surface area contributed by atoms with E-state index >= 15 is 0 Å². The van der Waals surface area contributed by atoms with Crippen molar-refractivity contribution in [2.24, 2.45) is 0 Å². The molecule has 0 spiro atoms. The van der Waals surface area contributed by atoms with Gasteiger partial charge in [0, 0.05) is 22.3 Å². The molecule has 1 N–H and O–H groups in total. The highest BCUT2D eigenvalue weighted by Crippen LogP contribution is 2.28. The van der Waals surface area contributed by atoms with Gasteiger partial charge in [0.15, 0.2) is 0 Å². The Labute approximate surface area is 140 Å². The number of aromatic amines is 1. The van der Waals surface area contributed by atoms with Crippen molar-refractivity contribution in [3.05, 3.63) is 63.3 Å². The fourth-order valence-electron chi connectivity index (χ4n) is 2.20. The number of aromatic nitrogens is 2. The average Bonchev–Trinajstić information content (AvgIpc) is 2.98. The second kappa shape index (κ2) is 6.10. The number of hydrogen-bond acceptors (Lipinski definition) is 3. The maximum Gasteiger partial charge on any atom is 0.339 e. The number of rotatable bonds is 3. The number of hydrogen-bond donors (Lipinski definition) is 1. The maximum atomic E-state index is 12.4. The Morgan fingerprint density at radius 3 is 2.95 bits per heavy atom. The molecule has 4 nitrogen and oxygen atoms in total. The molecule has 3 aromatic rings. The summed E-state index contributed by atoms with van der Waals surface area (Å²) in [6, 6.07) is 8.91. The zero-order valence-corrected chi connectivity index (χ0v) is 14.0. The maximum absolute atomic E-state index is 12.4. The van der Waals surface area contributed by atoms with Crippen molar-refractivity contribution in [2.75, 3.05) is 0 Å². The number of halogens is 2. The first kappa shape index (κ1) is 15.1. The third kappa shape index (κ3) is 2.87. The van der Waals surface area contributed by atoms with Crippen LogP contribution in [0, 0.1) is 0 Å². The number of pyridine rings is 1. The van der Waals surface area contributed by atoms with Crippen molar-refractivity contribution in [1.29, 1.82) is 0 Å². The summed E-state index contributed by atoms with van der Waals surface area (Å²) in [5, 5.41) is 1.36. The van der Waals surface area contributed by atoms with Crippen molar-refractivity contribution in [3.63, 3.8) is 0 Å². The monoisotopic (exact) mass is 378 g/mol. The third-order valence-electron chi connectivity index (χ3n) is 3.38. The minimum Gasteiger partial charge on any atom is -0.454 e. The van der Waals surface area contributed by atoms with Crippen LogP contribution in [0.2, 0.25) is 5.02 Å². The number of nitrogens with zero attached hydrogens (tertiary/aromatic N) is 1. The fourth-order valence-corrected chi connectivity index (χ4v) is 2.71. The standard InChI is InChI=1S/C16H12BrClN2O2/c1-9(10-2-3-14(18)13(17)8-10)22-16(21)12-5-7-20-15-11(12)4-6-19-15/h2-9H,1H3,(H,19,20)/t9-/m0/s1. The van der Waals surface area contributed by atoms with Gasteiger partial charge in [-0.2, -0.15) is 0 Å². The SMILES string of the molecule is C[C@H](OC(=O)c1ccnc2[nH]ccc12)c1ccc(Cl)c(Br)c1. The molecule has 0 aliphatic heterocycles. The smallest absolute Gasteiger partial charge is 0.339 e. The number of esters is 1. The molecule has 0 fully saturated rings. The van der Waals surface area contributed by atoms with E-state index in [2.05, 4.69) is 25.9 Å². The molecule has 6 heteroatoms. The molecule has 1 atom stereocenters. The van der Waals surface area contributed by atoms with Crippen LogP contribution >= 0.6 is 27.5 Å². The van der Waals surface area contributed by atoms with E-state index < -0.39 is 0 Å². The summed E-state index contributed by atoms with van der Waals surface area (Å²) in [6.07, 6.45) is 2.94. The van der Waals surface area contributed by atoms with E-state index in [0.29, 0.717) is 16.2 Å². The van der Waals surface area contributed by atoms with Crippen LogP contribution in [-0.4, -0.2) is 15.9 Å². The zero-order valence-electron chi connectivity index (χ0n) is 11.6. The van der Waals surface area contributed by atoms with Gasteiger partial charge in [0.1, 0.15) is 11.8 Å². The van der Waals surface area contributed by atoms with Gasteiger partial charge >= 0.3 is 5.97 Å². The quantitative estimate of drug-likeness (QED) is 0.659. The van der Waals surface area contributed by atoms with E-state index in [-0.39, 0.29) is 12.1 Å². The lowest BCUT2D eigenvalue weighted by Crippen LogP contribution is -2.09. The Bertz CT molecular complexity index is 847. The Hall–Kier alpha value is -1.85. The van der Waals surface area contributed by atoms with E-state index in [1.807, 2.05) is 25.1 Å². The lowest BCUT2D eigenvalue weighted by Gasteiger charge is -2.14. The molecule has 0 amide bonds. The molecule has 0 aliphatic rings. The molecule has 2 heterocycles. The van der Waals surface area contributed by atoms with Crippen molar-refractivity contribution < 1.29 is 9.53 Å². The third-order valence-corrected chi connectivity index (χ3v) is 4.59.